The molecule has 0 bridgehead atoms. The van der Waals surface area contributed by atoms with Crippen LogP contribution in [0, 0.1) is 11.3 Å². The van der Waals surface area contributed by atoms with Crippen molar-refractivity contribution < 1.29 is 9.53 Å². The predicted octanol–water partition coefficient (Wildman–Crippen LogP) is 1.01. The highest BCUT2D eigenvalue weighted by atomic mass is 16.5. The van der Waals surface area contributed by atoms with E-state index in [4.69, 9.17) is 4.74 Å². The molecule has 0 spiro atoms. The van der Waals surface area contributed by atoms with Crippen LogP contribution >= 0.6 is 0 Å². The lowest BCUT2D eigenvalue weighted by Crippen LogP contribution is -2.51. The van der Waals surface area contributed by atoms with E-state index < -0.39 is 0 Å². The topological polar surface area (TPSA) is 41.6 Å². The van der Waals surface area contributed by atoms with E-state index in [9.17, 15) is 4.79 Å². The van der Waals surface area contributed by atoms with E-state index in [0.29, 0.717) is 17.9 Å². The Morgan fingerprint density at radius 1 is 1.39 bits per heavy atom. The number of carbonyl (C=O) groups excluding carboxylic acids is 1. The lowest BCUT2D eigenvalue weighted by atomic mass is 9.67. The van der Waals surface area contributed by atoms with Gasteiger partial charge < -0.3 is 15.0 Å². The van der Waals surface area contributed by atoms with Crippen molar-refractivity contribution in [2.24, 2.45) is 11.3 Å². The quantitative estimate of drug-likeness (QED) is 0.797. The molecule has 0 radical (unpaired) electrons. The van der Waals surface area contributed by atoms with Gasteiger partial charge in [0.1, 0.15) is 0 Å². The van der Waals surface area contributed by atoms with Gasteiger partial charge in [-0.2, -0.15) is 0 Å². The molecule has 102 valence electrons. The van der Waals surface area contributed by atoms with Crippen molar-refractivity contribution >= 4 is 5.91 Å². The molecule has 1 N–H and O–H groups in total. The lowest BCUT2D eigenvalue weighted by Gasteiger charge is -2.41. The molecule has 1 aliphatic carbocycles. The van der Waals surface area contributed by atoms with E-state index >= 15 is 0 Å². The van der Waals surface area contributed by atoms with E-state index in [1.165, 1.54) is 19.3 Å². The van der Waals surface area contributed by atoms with Crippen LogP contribution in [0.4, 0.5) is 0 Å². The Morgan fingerprint density at radius 2 is 2.28 bits per heavy atom. The lowest BCUT2D eigenvalue weighted by molar-refractivity contribution is -0.146. The predicted molar refractivity (Wildman–Crippen MR) is 69.3 cm³/mol. The van der Waals surface area contributed by atoms with Gasteiger partial charge in [0.05, 0.1) is 18.1 Å². The molecule has 0 aromatic rings. The first-order chi connectivity index (χ1) is 8.74. The van der Waals surface area contributed by atoms with Gasteiger partial charge >= 0.3 is 0 Å². The Labute approximate surface area is 109 Å². The molecule has 0 aromatic heterocycles. The van der Waals surface area contributed by atoms with Crippen LogP contribution in [0.5, 0.6) is 0 Å². The van der Waals surface area contributed by atoms with E-state index in [1.54, 1.807) is 0 Å². The van der Waals surface area contributed by atoms with Gasteiger partial charge in [-0.1, -0.05) is 12.8 Å². The van der Waals surface area contributed by atoms with Gasteiger partial charge in [0, 0.05) is 20.2 Å². The third-order valence-corrected chi connectivity index (χ3v) is 5.24. The number of carbonyl (C=O) groups is 1. The van der Waals surface area contributed by atoms with Crippen LogP contribution < -0.4 is 5.32 Å². The summed E-state index contributed by atoms with van der Waals surface area (Å²) in [4.78, 5) is 14.9. The molecule has 3 aliphatic rings. The molecule has 1 unspecified atom stereocenters. The highest BCUT2D eigenvalue weighted by Crippen LogP contribution is 2.45. The Kier molecular flexibility index (Phi) is 3.32. The maximum atomic E-state index is 12.9. The molecule has 2 heterocycles. The van der Waals surface area contributed by atoms with Gasteiger partial charge in [0.15, 0.2) is 0 Å². The van der Waals surface area contributed by atoms with Crippen molar-refractivity contribution in [3.05, 3.63) is 0 Å². The molecule has 1 amide bonds. The Morgan fingerprint density at radius 3 is 3.06 bits per heavy atom. The van der Waals surface area contributed by atoms with E-state index in [1.807, 2.05) is 11.9 Å². The molecule has 3 atom stereocenters. The molecular weight excluding hydrogens is 228 g/mol. The normalized spacial score (nSPS) is 39.6. The second kappa shape index (κ2) is 4.82. The van der Waals surface area contributed by atoms with Crippen LogP contribution in [0.2, 0.25) is 0 Å². The number of hydrogen-bond acceptors (Lipinski definition) is 3. The average molecular weight is 252 g/mol. The Bertz CT molecular complexity index is 328. The van der Waals surface area contributed by atoms with Crippen molar-refractivity contribution in [3.63, 3.8) is 0 Å². The zero-order valence-electron chi connectivity index (χ0n) is 11.3. The largest absolute Gasteiger partial charge is 0.379 e. The highest BCUT2D eigenvalue weighted by Gasteiger charge is 2.51. The number of fused-ring (bicyclic) bond motifs is 1. The van der Waals surface area contributed by atoms with Crippen molar-refractivity contribution in [2.75, 3.05) is 33.4 Å². The summed E-state index contributed by atoms with van der Waals surface area (Å²) in [5.41, 5.74) is -0.102. The molecule has 2 saturated heterocycles. The van der Waals surface area contributed by atoms with Gasteiger partial charge in [-0.05, 0) is 31.7 Å². The summed E-state index contributed by atoms with van der Waals surface area (Å²) in [6.07, 6.45) is 5.78. The number of likely N-dealkylation sites (N-methyl/N-ethyl adjacent to an activating group) is 1. The van der Waals surface area contributed by atoms with Crippen LogP contribution in [0.3, 0.4) is 0 Å². The summed E-state index contributed by atoms with van der Waals surface area (Å²) < 4.78 is 5.42. The van der Waals surface area contributed by atoms with Gasteiger partial charge in [0.25, 0.3) is 0 Å². The zero-order valence-corrected chi connectivity index (χ0v) is 11.3. The van der Waals surface area contributed by atoms with Gasteiger partial charge in [-0.3, -0.25) is 4.79 Å². The Balaban J connectivity index is 1.77. The molecule has 0 aromatic carbocycles. The third-order valence-electron chi connectivity index (χ3n) is 5.24. The van der Waals surface area contributed by atoms with Crippen LogP contribution in [0.15, 0.2) is 0 Å². The standard InChI is InChI=1S/C14H24N2O2/c1-16(12-5-7-18-9-12)13(17)14-6-3-2-4-11(14)8-15-10-14/h11-12,15H,2-10H2,1H3/t11-,12?,14+/m0/s1. The SMILES string of the molecule is CN(C(=O)[C@@]12CCCC[C@H]1CNC2)C1CCOC1. The fourth-order valence-corrected chi connectivity index (χ4v) is 4.01. The number of nitrogens with zero attached hydrogens (tertiary/aromatic N) is 1. The van der Waals surface area contributed by atoms with Crippen molar-refractivity contribution in [2.45, 2.75) is 38.1 Å². The van der Waals surface area contributed by atoms with Gasteiger partial charge in [-0.15, -0.1) is 0 Å². The zero-order chi connectivity index (χ0) is 12.6. The first-order valence-electron chi connectivity index (χ1n) is 7.30. The second-order valence-corrected chi connectivity index (χ2v) is 6.16. The fourth-order valence-electron chi connectivity index (χ4n) is 4.01. The number of amides is 1. The second-order valence-electron chi connectivity index (χ2n) is 6.16. The maximum absolute atomic E-state index is 12.9. The first kappa shape index (κ1) is 12.4. The van der Waals surface area contributed by atoms with E-state index in [2.05, 4.69) is 5.32 Å². The fraction of sp³-hybridized carbons (Fsp3) is 0.929. The molecule has 4 nitrogen and oxygen atoms in total. The molecule has 3 fully saturated rings. The average Bonchev–Trinajstić information content (AvgIpc) is 3.06. The third kappa shape index (κ3) is 1.86. The van der Waals surface area contributed by atoms with Crippen LogP contribution in [0.25, 0.3) is 0 Å². The summed E-state index contributed by atoms with van der Waals surface area (Å²) >= 11 is 0. The smallest absolute Gasteiger partial charge is 0.230 e. The van der Waals surface area contributed by atoms with Crippen LogP contribution in [-0.2, 0) is 9.53 Å². The summed E-state index contributed by atoms with van der Waals surface area (Å²) in [6.45, 7) is 3.43. The van der Waals surface area contributed by atoms with Crippen molar-refractivity contribution in [1.29, 1.82) is 0 Å². The number of ether oxygens (including phenoxy) is 1. The van der Waals surface area contributed by atoms with Gasteiger partial charge in [-0.25, -0.2) is 0 Å². The minimum atomic E-state index is -0.102. The maximum Gasteiger partial charge on any atom is 0.230 e. The molecule has 1 saturated carbocycles. The van der Waals surface area contributed by atoms with Crippen molar-refractivity contribution in [1.82, 2.24) is 10.2 Å². The van der Waals surface area contributed by atoms with Crippen molar-refractivity contribution in [3.8, 4) is 0 Å². The number of nitrogens with one attached hydrogen (secondary N) is 1. The minimum Gasteiger partial charge on any atom is -0.379 e. The Hall–Kier alpha value is -0.610. The number of rotatable bonds is 2. The first-order valence-corrected chi connectivity index (χ1v) is 7.30. The summed E-state index contributed by atoms with van der Waals surface area (Å²) in [5, 5.41) is 3.45. The molecule has 4 heteroatoms. The van der Waals surface area contributed by atoms with Crippen LogP contribution in [-0.4, -0.2) is 50.2 Å². The highest BCUT2D eigenvalue weighted by molar-refractivity contribution is 5.84. The van der Waals surface area contributed by atoms with Crippen LogP contribution in [0.1, 0.15) is 32.1 Å². The van der Waals surface area contributed by atoms with E-state index in [-0.39, 0.29) is 5.41 Å². The molecular formula is C14H24N2O2. The summed E-state index contributed by atoms with van der Waals surface area (Å²) in [6, 6.07) is 0.301. The summed E-state index contributed by atoms with van der Waals surface area (Å²) in [7, 11) is 1.97. The molecule has 18 heavy (non-hydrogen) atoms. The van der Waals surface area contributed by atoms with E-state index in [0.717, 1.165) is 39.1 Å². The summed E-state index contributed by atoms with van der Waals surface area (Å²) in [5.74, 6) is 0.927. The minimum absolute atomic E-state index is 0.102. The number of hydrogen-bond donors (Lipinski definition) is 1. The molecule has 2 aliphatic heterocycles. The monoisotopic (exact) mass is 252 g/mol. The van der Waals surface area contributed by atoms with Gasteiger partial charge in [0.2, 0.25) is 5.91 Å². The molecule has 3 rings (SSSR count).